The van der Waals surface area contributed by atoms with E-state index in [1.54, 1.807) is 18.3 Å². The van der Waals surface area contributed by atoms with Crippen molar-refractivity contribution < 1.29 is 10.2 Å². The fourth-order valence-corrected chi connectivity index (χ4v) is 1.04. The minimum atomic E-state index is -0.0829. The smallest absolute Gasteiger partial charge is 0.157 e. The molecule has 0 bridgehead atoms. The third kappa shape index (κ3) is 2.71. The Kier molecular flexibility index (Phi) is 3.20. The highest BCUT2D eigenvalue weighted by Crippen LogP contribution is 2.24. The molecule has 0 saturated carbocycles. The van der Waals surface area contributed by atoms with Crippen molar-refractivity contribution in [3.05, 3.63) is 36.5 Å². The highest BCUT2D eigenvalue weighted by molar-refractivity contribution is 5.40. The van der Waals surface area contributed by atoms with E-state index in [4.69, 9.17) is 10.2 Å². The molecule has 0 unspecified atom stereocenters. The van der Waals surface area contributed by atoms with Crippen LogP contribution in [-0.4, -0.2) is 16.8 Å². The first-order valence-electron chi connectivity index (χ1n) is 4.09. The van der Waals surface area contributed by atoms with Crippen LogP contribution in [0.15, 0.2) is 31.0 Å². The van der Waals surface area contributed by atoms with Gasteiger partial charge in [0.1, 0.15) is 0 Å². The third-order valence-corrected chi connectivity index (χ3v) is 1.74. The maximum absolute atomic E-state index is 9.17. The van der Waals surface area contributed by atoms with Crippen molar-refractivity contribution in [1.82, 2.24) is 5.32 Å². The highest BCUT2D eigenvalue weighted by atomic mass is 16.3. The molecule has 3 N–H and O–H groups in total. The lowest BCUT2D eigenvalue weighted by atomic mass is 10.1. The van der Waals surface area contributed by atoms with E-state index >= 15 is 0 Å². The van der Waals surface area contributed by atoms with E-state index in [1.165, 1.54) is 6.07 Å². The lowest BCUT2D eigenvalue weighted by Gasteiger charge is -2.03. The summed E-state index contributed by atoms with van der Waals surface area (Å²) in [6.45, 7) is 4.29. The Morgan fingerprint density at radius 1 is 1.31 bits per heavy atom. The first kappa shape index (κ1) is 9.45. The van der Waals surface area contributed by atoms with Crippen molar-refractivity contribution in [2.45, 2.75) is 6.42 Å². The van der Waals surface area contributed by atoms with Crippen molar-refractivity contribution in [1.29, 1.82) is 0 Å². The molecule has 3 heteroatoms. The summed E-state index contributed by atoms with van der Waals surface area (Å²) in [4.78, 5) is 0. The predicted octanol–water partition coefficient (Wildman–Crippen LogP) is 1.37. The lowest BCUT2D eigenvalue weighted by Crippen LogP contribution is -2.08. The van der Waals surface area contributed by atoms with Gasteiger partial charge in [0.25, 0.3) is 0 Å². The van der Waals surface area contributed by atoms with Gasteiger partial charge < -0.3 is 15.5 Å². The molecule has 0 spiro atoms. The van der Waals surface area contributed by atoms with E-state index in [1.807, 2.05) is 0 Å². The predicted molar refractivity (Wildman–Crippen MR) is 51.7 cm³/mol. The molecule has 0 aliphatic rings. The summed E-state index contributed by atoms with van der Waals surface area (Å²) < 4.78 is 0. The summed E-state index contributed by atoms with van der Waals surface area (Å²) in [5.41, 5.74) is 0.977. The maximum atomic E-state index is 9.17. The van der Waals surface area contributed by atoms with Crippen molar-refractivity contribution in [3.8, 4) is 11.5 Å². The third-order valence-electron chi connectivity index (χ3n) is 1.74. The highest BCUT2D eigenvalue weighted by Gasteiger charge is 1.99. The Hall–Kier alpha value is -1.64. The fraction of sp³-hybridized carbons (Fsp3) is 0.200. The number of hydrogen-bond donors (Lipinski definition) is 3. The Labute approximate surface area is 77.3 Å². The molecule has 0 radical (unpaired) electrons. The number of nitrogens with one attached hydrogen (secondary N) is 1. The van der Waals surface area contributed by atoms with Crippen molar-refractivity contribution >= 4 is 0 Å². The van der Waals surface area contributed by atoms with Crippen LogP contribution in [0.3, 0.4) is 0 Å². The van der Waals surface area contributed by atoms with Gasteiger partial charge in [-0.3, -0.25) is 0 Å². The van der Waals surface area contributed by atoms with Crippen molar-refractivity contribution in [2.75, 3.05) is 6.54 Å². The summed E-state index contributed by atoms with van der Waals surface area (Å²) in [6.07, 6.45) is 2.42. The van der Waals surface area contributed by atoms with Gasteiger partial charge in [-0.25, -0.2) is 0 Å². The van der Waals surface area contributed by atoms with Crippen molar-refractivity contribution in [2.24, 2.45) is 0 Å². The van der Waals surface area contributed by atoms with Gasteiger partial charge in [0.15, 0.2) is 11.5 Å². The molecule has 0 aliphatic heterocycles. The lowest BCUT2D eigenvalue weighted by molar-refractivity contribution is 0.403. The maximum Gasteiger partial charge on any atom is 0.157 e. The first-order chi connectivity index (χ1) is 6.24. The van der Waals surface area contributed by atoms with Crippen LogP contribution in [0.2, 0.25) is 0 Å². The van der Waals surface area contributed by atoms with Crippen LogP contribution in [0, 0.1) is 0 Å². The summed E-state index contributed by atoms with van der Waals surface area (Å²) in [5.74, 6) is -0.156. The van der Waals surface area contributed by atoms with Crippen LogP contribution < -0.4 is 5.32 Å². The van der Waals surface area contributed by atoms with Gasteiger partial charge in [0.05, 0.1) is 0 Å². The number of aromatic hydroxyl groups is 2. The number of phenolic OH excluding ortho intramolecular Hbond substituents is 2. The first-order valence-corrected chi connectivity index (χ1v) is 4.09. The van der Waals surface area contributed by atoms with Gasteiger partial charge in [-0.15, -0.1) is 0 Å². The van der Waals surface area contributed by atoms with E-state index in [2.05, 4.69) is 11.9 Å². The zero-order valence-electron chi connectivity index (χ0n) is 7.33. The van der Waals surface area contributed by atoms with E-state index in [0.29, 0.717) is 0 Å². The average Bonchev–Trinajstić information content (AvgIpc) is 2.12. The standard InChI is InChI=1S/C10H13NO2/c1-2-11-6-5-8-3-4-9(12)10(13)7-8/h2-4,7,11-13H,1,5-6H2. The molecular weight excluding hydrogens is 166 g/mol. The molecule has 3 nitrogen and oxygen atoms in total. The quantitative estimate of drug-likeness (QED) is 0.483. The molecule has 0 heterocycles. The molecule has 70 valence electrons. The van der Waals surface area contributed by atoms with Gasteiger partial charge in [-0.05, 0) is 30.3 Å². The fourth-order valence-electron chi connectivity index (χ4n) is 1.04. The summed E-state index contributed by atoms with van der Waals surface area (Å²) >= 11 is 0. The van der Waals surface area contributed by atoms with Gasteiger partial charge in [-0.1, -0.05) is 12.6 Å². The summed E-state index contributed by atoms with van der Waals surface area (Å²) in [5, 5.41) is 21.2. The van der Waals surface area contributed by atoms with Crippen molar-refractivity contribution in [3.63, 3.8) is 0 Å². The zero-order valence-corrected chi connectivity index (χ0v) is 7.33. The molecular formula is C10H13NO2. The minimum Gasteiger partial charge on any atom is -0.504 e. The van der Waals surface area contributed by atoms with E-state index in [0.717, 1.165) is 18.5 Å². The minimum absolute atomic E-state index is 0.0731. The van der Waals surface area contributed by atoms with Crippen LogP contribution in [0.25, 0.3) is 0 Å². The van der Waals surface area contributed by atoms with Gasteiger partial charge in [-0.2, -0.15) is 0 Å². The van der Waals surface area contributed by atoms with Crippen LogP contribution in [-0.2, 0) is 6.42 Å². The molecule has 1 rings (SSSR count). The number of hydrogen-bond acceptors (Lipinski definition) is 3. The molecule has 0 atom stereocenters. The van der Waals surface area contributed by atoms with Crippen LogP contribution >= 0.6 is 0 Å². The second kappa shape index (κ2) is 4.40. The number of benzene rings is 1. The second-order valence-corrected chi connectivity index (χ2v) is 2.73. The molecule has 0 saturated heterocycles. The molecule has 13 heavy (non-hydrogen) atoms. The van der Waals surface area contributed by atoms with E-state index in [-0.39, 0.29) is 11.5 Å². The second-order valence-electron chi connectivity index (χ2n) is 2.73. The average molecular weight is 179 g/mol. The van der Waals surface area contributed by atoms with Gasteiger partial charge >= 0.3 is 0 Å². The molecule has 0 fully saturated rings. The zero-order chi connectivity index (χ0) is 9.68. The molecule has 0 aliphatic carbocycles. The topological polar surface area (TPSA) is 52.5 Å². The Morgan fingerprint density at radius 3 is 2.69 bits per heavy atom. The van der Waals surface area contributed by atoms with Gasteiger partial charge in [0.2, 0.25) is 0 Å². The Bertz CT molecular complexity index is 297. The molecule has 1 aromatic carbocycles. The Balaban J connectivity index is 2.57. The monoisotopic (exact) mass is 179 g/mol. The SMILES string of the molecule is C=CNCCc1ccc(O)c(O)c1. The largest absolute Gasteiger partial charge is 0.504 e. The number of phenols is 2. The van der Waals surface area contributed by atoms with Crippen LogP contribution in [0.5, 0.6) is 11.5 Å². The summed E-state index contributed by atoms with van der Waals surface area (Å²) in [6, 6.07) is 4.82. The van der Waals surface area contributed by atoms with Gasteiger partial charge in [0, 0.05) is 6.54 Å². The number of rotatable bonds is 4. The van der Waals surface area contributed by atoms with E-state index in [9.17, 15) is 0 Å². The molecule has 0 aromatic heterocycles. The normalized spacial score (nSPS) is 9.54. The van der Waals surface area contributed by atoms with Crippen LogP contribution in [0.4, 0.5) is 0 Å². The summed E-state index contributed by atoms with van der Waals surface area (Å²) in [7, 11) is 0. The molecule has 0 amide bonds. The Morgan fingerprint density at radius 2 is 2.08 bits per heavy atom. The molecule has 1 aromatic rings. The van der Waals surface area contributed by atoms with E-state index < -0.39 is 0 Å². The van der Waals surface area contributed by atoms with Crippen LogP contribution in [0.1, 0.15) is 5.56 Å².